The Bertz CT molecular complexity index is 426. The van der Waals surface area contributed by atoms with Crippen LogP contribution in [0.3, 0.4) is 0 Å². The molecule has 0 aromatic carbocycles. The van der Waals surface area contributed by atoms with E-state index in [1.54, 1.807) is 7.05 Å². The number of rotatable bonds is 12. The fourth-order valence-electron chi connectivity index (χ4n) is 1.85. The molecular formula is C16H33N3O6. The highest BCUT2D eigenvalue weighted by Crippen LogP contribution is 2.17. The van der Waals surface area contributed by atoms with Crippen LogP contribution in [0.2, 0.25) is 0 Å². The monoisotopic (exact) mass is 363 g/mol. The molecule has 9 nitrogen and oxygen atoms in total. The minimum atomic E-state index is -1.45. The van der Waals surface area contributed by atoms with E-state index in [1.165, 1.54) is 6.92 Å². The molecule has 0 radical (unpaired) electrons. The first-order valence-electron chi connectivity index (χ1n) is 8.27. The van der Waals surface area contributed by atoms with E-state index in [0.29, 0.717) is 13.0 Å². The summed E-state index contributed by atoms with van der Waals surface area (Å²) >= 11 is 0. The highest BCUT2D eigenvalue weighted by Gasteiger charge is 2.27. The van der Waals surface area contributed by atoms with Gasteiger partial charge in [-0.05, 0) is 41.0 Å². The summed E-state index contributed by atoms with van der Waals surface area (Å²) in [6, 6.07) is 0. The summed E-state index contributed by atoms with van der Waals surface area (Å²) in [5.74, 6) is -0.886. The van der Waals surface area contributed by atoms with E-state index < -0.39 is 29.3 Å². The zero-order valence-corrected chi connectivity index (χ0v) is 16.0. The Morgan fingerprint density at radius 1 is 1.16 bits per heavy atom. The van der Waals surface area contributed by atoms with Crippen LogP contribution in [0.1, 0.15) is 41.0 Å². The van der Waals surface area contributed by atoms with Crippen LogP contribution >= 0.6 is 0 Å². The molecule has 0 aromatic rings. The van der Waals surface area contributed by atoms with Crippen LogP contribution in [0, 0.1) is 0 Å². The first-order valence-corrected chi connectivity index (χ1v) is 8.27. The lowest BCUT2D eigenvalue weighted by Gasteiger charge is -2.32. The molecular weight excluding hydrogens is 330 g/mol. The van der Waals surface area contributed by atoms with Gasteiger partial charge in [-0.15, -0.1) is 0 Å². The van der Waals surface area contributed by atoms with Crippen LogP contribution in [0.4, 0.5) is 0 Å². The molecule has 0 fully saturated rings. The standard InChI is InChI=1S/C16H33N3O6/c1-11(20)13(22)14(23)18-8-7-16(4,5)24-10-15(2,3)19-12(21)9-25-17-6/h11,13,17,20,22H,7-10H2,1-6H3,(H,18,23)(H,19,21). The lowest BCUT2D eigenvalue weighted by molar-refractivity contribution is -0.135. The van der Waals surface area contributed by atoms with Crippen molar-refractivity contribution in [3.63, 3.8) is 0 Å². The summed E-state index contributed by atoms with van der Waals surface area (Å²) in [5.41, 5.74) is 1.29. The molecule has 0 aliphatic carbocycles. The van der Waals surface area contributed by atoms with E-state index in [1.807, 2.05) is 27.7 Å². The van der Waals surface area contributed by atoms with Crippen molar-refractivity contribution in [1.29, 1.82) is 0 Å². The third-order valence-corrected chi connectivity index (χ3v) is 3.40. The van der Waals surface area contributed by atoms with Gasteiger partial charge in [0, 0.05) is 13.6 Å². The zero-order chi connectivity index (χ0) is 19.7. The highest BCUT2D eigenvalue weighted by molar-refractivity contribution is 5.81. The quantitative estimate of drug-likeness (QED) is 0.283. The second kappa shape index (κ2) is 10.7. The van der Waals surface area contributed by atoms with E-state index in [4.69, 9.17) is 14.7 Å². The van der Waals surface area contributed by atoms with E-state index >= 15 is 0 Å². The summed E-state index contributed by atoms with van der Waals surface area (Å²) in [7, 11) is 1.57. The molecule has 2 atom stereocenters. The minimum Gasteiger partial charge on any atom is -0.390 e. The van der Waals surface area contributed by atoms with Gasteiger partial charge < -0.3 is 25.6 Å². The highest BCUT2D eigenvalue weighted by atomic mass is 16.6. The smallest absolute Gasteiger partial charge is 0.251 e. The molecule has 0 aliphatic rings. The van der Waals surface area contributed by atoms with Crippen molar-refractivity contribution >= 4 is 11.8 Å². The maximum Gasteiger partial charge on any atom is 0.251 e. The van der Waals surface area contributed by atoms with E-state index in [0.717, 1.165) is 0 Å². The second-order valence-electron chi connectivity index (χ2n) is 7.20. The summed E-state index contributed by atoms with van der Waals surface area (Å²) in [4.78, 5) is 28.1. The van der Waals surface area contributed by atoms with Gasteiger partial charge in [-0.1, -0.05) is 0 Å². The van der Waals surface area contributed by atoms with Crippen LogP contribution < -0.4 is 16.1 Å². The fourth-order valence-corrected chi connectivity index (χ4v) is 1.85. The van der Waals surface area contributed by atoms with Crippen molar-refractivity contribution < 1.29 is 29.4 Å². The largest absolute Gasteiger partial charge is 0.390 e. The number of carbonyl (C=O) groups is 2. The number of carbonyl (C=O) groups excluding carboxylic acids is 2. The molecule has 148 valence electrons. The Morgan fingerprint density at radius 3 is 2.28 bits per heavy atom. The van der Waals surface area contributed by atoms with Crippen LogP contribution in [0.25, 0.3) is 0 Å². The number of hydrogen-bond donors (Lipinski definition) is 5. The molecule has 0 spiro atoms. The van der Waals surface area contributed by atoms with Crippen molar-refractivity contribution in [3.8, 4) is 0 Å². The average Bonchev–Trinajstić information content (AvgIpc) is 2.49. The Morgan fingerprint density at radius 2 is 1.76 bits per heavy atom. The maximum atomic E-state index is 11.7. The van der Waals surface area contributed by atoms with Gasteiger partial charge in [0.1, 0.15) is 6.61 Å². The zero-order valence-electron chi connectivity index (χ0n) is 16.0. The number of hydrogen-bond acceptors (Lipinski definition) is 7. The molecule has 0 bridgehead atoms. The summed E-state index contributed by atoms with van der Waals surface area (Å²) in [6.07, 6.45) is -2.07. The molecule has 0 aromatic heterocycles. The van der Waals surface area contributed by atoms with E-state index in [9.17, 15) is 14.7 Å². The topological polar surface area (TPSA) is 129 Å². The van der Waals surface area contributed by atoms with Crippen molar-refractivity contribution in [3.05, 3.63) is 0 Å². The fraction of sp³-hybridized carbons (Fsp3) is 0.875. The molecule has 2 amide bonds. The second-order valence-corrected chi connectivity index (χ2v) is 7.20. The molecule has 9 heteroatoms. The van der Waals surface area contributed by atoms with Gasteiger partial charge in [-0.2, -0.15) is 0 Å². The molecule has 25 heavy (non-hydrogen) atoms. The predicted octanol–water partition coefficient (Wildman–Crippen LogP) is -0.925. The number of aliphatic hydroxyl groups is 2. The van der Waals surface area contributed by atoms with Crippen molar-refractivity contribution in [2.24, 2.45) is 0 Å². The molecule has 0 saturated heterocycles. The van der Waals surface area contributed by atoms with Gasteiger partial charge >= 0.3 is 0 Å². The number of nitrogens with one attached hydrogen (secondary N) is 3. The van der Waals surface area contributed by atoms with Crippen molar-refractivity contribution in [2.45, 2.75) is 64.4 Å². The summed E-state index contributed by atoms with van der Waals surface area (Å²) in [5, 5.41) is 24.0. The molecule has 0 saturated carbocycles. The average molecular weight is 363 g/mol. The molecule has 0 aliphatic heterocycles. The van der Waals surface area contributed by atoms with E-state index in [2.05, 4.69) is 16.1 Å². The Labute approximate surface area is 149 Å². The minimum absolute atomic E-state index is 0.0963. The van der Waals surface area contributed by atoms with Crippen molar-refractivity contribution in [2.75, 3.05) is 26.8 Å². The molecule has 0 heterocycles. The normalized spacial score (nSPS) is 14.7. The third-order valence-electron chi connectivity index (χ3n) is 3.40. The third kappa shape index (κ3) is 11.1. The Kier molecular flexibility index (Phi) is 10.1. The first-order chi connectivity index (χ1) is 11.4. The molecule has 2 unspecified atom stereocenters. The van der Waals surface area contributed by atoms with Gasteiger partial charge in [0.25, 0.3) is 5.91 Å². The first kappa shape index (κ1) is 23.7. The van der Waals surface area contributed by atoms with Gasteiger partial charge in [0.2, 0.25) is 5.91 Å². The number of amides is 2. The van der Waals surface area contributed by atoms with Gasteiger partial charge in [-0.3, -0.25) is 14.4 Å². The predicted molar refractivity (Wildman–Crippen MR) is 92.6 cm³/mol. The van der Waals surface area contributed by atoms with E-state index in [-0.39, 0.29) is 19.1 Å². The summed E-state index contributed by atoms with van der Waals surface area (Å²) in [6.45, 7) is 9.21. The number of hydroxylamine groups is 1. The van der Waals surface area contributed by atoms with Gasteiger partial charge in [0.15, 0.2) is 6.10 Å². The lowest BCUT2D eigenvalue weighted by atomic mass is 10.0. The molecule has 0 rings (SSSR count). The lowest BCUT2D eigenvalue weighted by Crippen LogP contribution is -2.50. The molecule has 5 N–H and O–H groups in total. The Hall–Kier alpha value is -1.26. The van der Waals surface area contributed by atoms with Crippen molar-refractivity contribution in [1.82, 2.24) is 16.1 Å². The summed E-state index contributed by atoms with van der Waals surface area (Å²) < 4.78 is 5.86. The van der Waals surface area contributed by atoms with Crippen LogP contribution in [-0.4, -0.2) is 72.2 Å². The van der Waals surface area contributed by atoms with Crippen LogP contribution in [0.15, 0.2) is 0 Å². The SMILES string of the molecule is CNOCC(=O)NC(C)(C)COC(C)(C)CCNC(=O)C(O)C(C)O. The maximum absolute atomic E-state index is 11.7. The van der Waals surface area contributed by atoms with Gasteiger partial charge in [0.05, 0.1) is 23.9 Å². The van der Waals surface area contributed by atoms with Gasteiger partial charge in [-0.25, -0.2) is 5.48 Å². The van der Waals surface area contributed by atoms with Crippen LogP contribution in [-0.2, 0) is 19.2 Å². The number of aliphatic hydroxyl groups excluding tert-OH is 2. The van der Waals surface area contributed by atoms with Crippen LogP contribution in [0.5, 0.6) is 0 Å². The number of ether oxygens (including phenoxy) is 1. The Balaban J connectivity index is 4.25.